The lowest BCUT2D eigenvalue weighted by molar-refractivity contribution is -0.148. The summed E-state index contributed by atoms with van der Waals surface area (Å²) < 4.78 is 0. The fraction of sp³-hybridized carbons (Fsp3) is 0.579. The van der Waals surface area contributed by atoms with Gasteiger partial charge in [0.25, 0.3) is 0 Å². The predicted octanol–water partition coefficient (Wildman–Crippen LogP) is 2.68. The smallest absolute Gasteiger partial charge is 0.314 e. The van der Waals surface area contributed by atoms with Crippen LogP contribution in [0.2, 0.25) is 0 Å². The van der Waals surface area contributed by atoms with E-state index < -0.39 is 11.4 Å². The molecule has 1 amide bonds. The van der Waals surface area contributed by atoms with Gasteiger partial charge in [-0.05, 0) is 49.5 Å². The van der Waals surface area contributed by atoms with Crippen LogP contribution in [0.4, 0.5) is 0 Å². The number of nitrogens with zero attached hydrogens (tertiary/aromatic N) is 1. The van der Waals surface area contributed by atoms with E-state index in [0.717, 1.165) is 17.9 Å². The van der Waals surface area contributed by atoms with Crippen molar-refractivity contribution in [3.05, 3.63) is 35.9 Å². The van der Waals surface area contributed by atoms with E-state index >= 15 is 0 Å². The van der Waals surface area contributed by atoms with Gasteiger partial charge in [0.15, 0.2) is 0 Å². The number of rotatable bonds is 4. The SMILES string of the molecule is O=C(C1CC1C1CC1)N1CCC(C(=O)O)(c2ccccc2)CC1. The Balaban J connectivity index is 1.44. The van der Waals surface area contributed by atoms with Gasteiger partial charge in [-0.25, -0.2) is 0 Å². The molecule has 1 heterocycles. The van der Waals surface area contributed by atoms with Crippen molar-refractivity contribution < 1.29 is 14.7 Å². The lowest BCUT2D eigenvalue weighted by atomic mass is 9.73. The second kappa shape index (κ2) is 5.36. The minimum atomic E-state index is -0.836. The summed E-state index contributed by atoms with van der Waals surface area (Å²) in [7, 11) is 0. The molecule has 0 aromatic heterocycles. The minimum absolute atomic E-state index is 0.233. The number of benzene rings is 1. The topological polar surface area (TPSA) is 57.6 Å². The van der Waals surface area contributed by atoms with Gasteiger partial charge in [-0.15, -0.1) is 0 Å². The molecule has 122 valence electrons. The Morgan fingerprint density at radius 2 is 1.74 bits per heavy atom. The molecule has 2 aliphatic carbocycles. The first-order chi connectivity index (χ1) is 11.1. The van der Waals surface area contributed by atoms with Gasteiger partial charge in [-0.1, -0.05) is 30.3 Å². The molecule has 4 nitrogen and oxygen atoms in total. The highest BCUT2D eigenvalue weighted by Crippen LogP contribution is 2.55. The number of carbonyl (C=O) groups is 2. The average Bonchev–Trinajstić information content (AvgIpc) is 3.47. The Morgan fingerprint density at radius 1 is 1.09 bits per heavy atom. The second-order valence-electron chi connectivity index (χ2n) is 7.42. The lowest BCUT2D eigenvalue weighted by Gasteiger charge is -2.39. The fourth-order valence-electron chi connectivity index (χ4n) is 4.27. The molecule has 1 N–H and O–H groups in total. The third-order valence-electron chi connectivity index (χ3n) is 6.05. The van der Waals surface area contributed by atoms with E-state index in [9.17, 15) is 14.7 Å². The number of carbonyl (C=O) groups excluding carboxylic acids is 1. The standard InChI is InChI=1S/C19H23NO3/c21-17(16-12-15(16)13-6-7-13)20-10-8-19(9-11-20,18(22)23)14-4-2-1-3-5-14/h1-5,13,15-16H,6-12H2,(H,22,23). The van der Waals surface area contributed by atoms with Gasteiger partial charge in [0.1, 0.15) is 0 Å². The van der Waals surface area contributed by atoms with Gasteiger partial charge in [0.05, 0.1) is 5.41 Å². The summed E-state index contributed by atoms with van der Waals surface area (Å²) in [4.78, 5) is 26.5. The molecule has 4 rings (SSSR count). The van der Waals surface area contributed by atoms with Gasteiger partial charge in [0.2, 0.25) is 5.91 Å². The average molecular weight is 313 g/mol. The summed E-state index contributed by atoms with van der Waals surface area (Å²) in [6.07, 6.45) is 4.68. The molecule has 2 atom stereocenters. The second-order valence-corrected chi connectivity index (χ2v) is 7.42. The first kappa shape index (κ1) is 14.7. The molecule has 1 aromatic rings. The van der Waals surface area contributed by atoms with Crippen LogP contribution in [-0.4, -0.2) is 35.0 Å². The van der Waals surface area contributed by atoms with Crippen molar-refractivity contribution in [2.45, 2.75) is 37.5 Å². The zero-order valence-corrected chi connectivity index (χ0v) is 13.3. The largest absolute Gasteiger partial charge is 0.481 e. The maximum absolute atomic E-state index is 12.6. The zero-order valence-electron chi connectivity index (χ0n) is 13.3. The van der Waals surface area contributed by atoms with Gasteiger partial charge < -0.3 is 10.0 Å². The number of hydrogen-bond acceptors (Lipinski definition) is 2. The van der Waals surface area contributed by atoms with Crippen LogP contribution in [0.5, 0.6) is 0 Å². The summed E-state index contributed by atoms with van der Waals surface area (Å²) in [5.41, 5.74) is 0.0270. The van der Waals surface area contributed by atoms with E-state index in [1.807, 2.05) is 35.2 Å². The molecule has 2 saturated carbocycles. The molecule has 2 unspecified atom stereocenters. The Bertz CT molecular complexity index is 615. The number of carboxylic acids is 1. The summed E-state index contributed by atoms with van der Waals surface area (Å²) in [5.74, 6) is 1.17. The van der Waals surface area contributed by atoms with E-state index in [0.29, 0.717) is 31.8 Å². The number of hydrogen-bond donors (Lipinski definition) is 1. The van der Waals surface area contributed by atoms with Crippen molar-refractivity contribution >= 4 is 11.9 Å². The van der Waals surface area contributed by atoms with E-state index in [1.54, 1.807) is 0 Å². The maximum Gasteiger partial charge on any atom is 0.314 e. The van der Waals surface area contributed by atoms with Crippen molar-refractivity contribution in [2.75, 3.05) is 13.1 Å². The summed E-state index contributed by atoms with van der Waals surface area (Å²) >= 11 is 0. The molecule has 3 aliphatic rings. The Kier molecular flexibility index (Phi) is 3.43. The lowest BCUT2D eigenvalue weighted by Crippen LogP contribution is -2.49. The molecule has 3 fully saturated rings. The van der Waals surface area contributed by atoms with Crippen LogP contribution in [0.25, 0.3) is 0 Å². The predicted molar refractivity (Wildman–Crippen MR) is 85.9 cm³/mol. The molecule has 1 saturated heterocycles. The summed E-state index contributed by atoms with van der Waals surface area (Å²) in [6, 6.07) is 9.48. The maximum atomic E-state index is 12.6. The number of piperidine rings is 1. The highest BCUT2D eigenvalue weighted by Gasteiger charge is 2.53. The normalized spacial score (nSPS) is 29.1. The van der Waals surface area contributed by atoms with E-state index in [2.05, 4.69) is 0 Å². The monoisotopic (exact) mass is 313 g/mol. The highest BCUT2D eigenvalue weighted by atomic mass is 16.4. The van der Waals surface area contributed by atoms with Crippen LogP contribution in [0.1, 0.15) is 37.7 Å². The van der Waals surface area contributed by atoms with Gasteiger partial charge in [-0.3, -0.25) is 9.59 Å². The highest BCUT2D eigenvalue weighted by molar-refractivity contribution is 5.84. The molecule has 0 spiro atoms. The number of aliphatic carboxylic acids is 1. The van der Waals surface area contributed by atoms with Crippen LogP contribution in [0.15, 0.2) is 30.3 Å². The third-order valence-corrected chi connectivity index (χ3v) is 6.05. The van der Waals surface area contributed by atoms with E-state index in [1.165, 1.54) is 12.8 Å². The Hall–Kier alpha value is -1.84. The molecule has 0 bridgehead atoms. The van der Waals surface area contributed by atoms with Crippen molar-refractivity contribution in [3.63, 3.8) is 0 Å². The van der Waals surface area contributed by atoms with Crippen LogP contribution in [0.3, 0.4) is 0 Å². The fourth-order valence-corrected chi connectivity index (χ4v) is 4.27. The van der Waals surface area contributed by atoms with Crippen molar-refractivity contribution in [2.24, 2.45) is 17.8 Å². The molecule has 4 heteroatoms. The van der Waals surface area contributed by atoms with Crippen molar-refractivity contribution in [3.8, 4) is 0 Å². The van der Waals surface area contributed by atoms with Crippen LogP contribution in [0, 0.1) is 17.8 Å². The summed E-state index contributed by atoms with van der Waals surface area (Å²) in [6.45, 7) is 1.13. The van der Waals surface area contributed by atoms with Crippen LogP contribution >= 0.6 is 0 Å². The molecule has 1 aromatic carbocycles. The minimum Gasteiger partial charge on any atom is -0.481 e. The quantitative estimate of drug-likeness (QED) is 0.930. The molecular weight excluding hydrogens is 290 g/mol. The number of amides is 1. The van der Waals surface area contributed by atoms with Crippen molar-refractivity contribution in [1.29, 1.82) is 0 Å². The summed E-state index contributed by atoms with van der Waals surface area (Å²) in [5, 5.41) is 9.81. The van der Waals surface area contributed by atoms with Gasteiger partial charge >= 0.3 is 5.97 Å². The van der Waals surface area contributed by atoms with E-state index in [-0.39, 0.29) is 11.8 Å². The molecular formula is C19H23NO3. The molecule has 1 aliphatic heterocycles. The third kappa shape index (κ3) is 2.54. The van der Waals surface area contributed by atoms with Crippen LogP contribution < -0.4 is 0 Å². The molecule has 23 heavy (non-hydrogen) atoms. The van der Waals surface area contributed by atoms with E-state index in [4.69, 9.17) is 0 Å². The Morgan fingerprint density at radius 3 is 2.30 bits per heavy atom. The van der Waals surface area contributed by atoms with Gasteiger partial charge in [-0.2, -0.15) is 0 Å². The molecule has 0 radical (unpaired) electrons. The first-order valence-electron chi connectivity index (χ1n) is 8.69. The van der Waals surface area contributed by atoms with Gasteiger partial charge in [0, 0.05) is 19.0 Å². The number of likely N-dealkylation sites (tertiary alicyclic amines) is 1. The van der Waals surface area contributed by atoms with Crippen LogP contribution in [-0.2, 0) is 15.0 Å². The Labute approximate surface area is 136 Å². The van der Waals surface area contributed by atoms with Crippen molar-refractivity contribution in [1.82, 2.24) is 4.90 Å². The first-order valence-corrected chi connectivity index (χ1v) is 8.69. The zero-order chi connectivity index (χ0) is 16.0. The number of carboxylic acid groups (broad SMARTS) is 1.